The molecule has 1 amide bonds. The van der Waals surface area contributed by atoms with Crippen molar-refractivity contribution in [2.75, 3.05) is 32.6 Å². The van der Waals surface area contributed by atoms with Crippen LogP contribution in [0, 0.1) is 0 Å². The number of carbonyl (C=O) groups excluding carboxylic acids is 2. The molecule has 1 atom stereocenters. The zero-order valence-electron chi connectivity index (χ0n) is 12.4. The second kappa shape index (κ2) is 8.06. The van der Waals surface area contributed by atoms with E-state index in [9.17, 15) is 14.7 Å². The van der Waals surface area contributed by atoms with E-state index in [2.05, 4.69) is 10.1 Å². The van der Waals surface area contributed by atoms with Gasteiger partial charge in [0.25, 0.3) is 0 Å². The normalized spacial score (nSPS) is 12.0. The number of ether oxygens (including phenoxy) is 1. The van der Waals surface area contributed by atoms with Gasteiger partial charge in [-0.05, 0) is 23.8 Å². The Balaban J connectivity index is 2.48. The Morgan fingerprint density at radius 1 is 1.33 bits per heavy atom. The fourth-order valence-electron chi connectivity index (χ4n) is 1.53. The molecule has 1 aromatic carbocycles. The standard InChI is InChI=1S/C15H20N2O4/c1-17(2)12-7-4-11(5-8-12)6-9-14(19)16-10-13(18)15(20)21-3/h4-9,13,18H,10H2,1-3H3,(H,16,19)/b9-6+. The number of nitrogens with one attached hydrogen (secondary N) is 1. The van der Waals surface area contributed by atoms with Crippen molar-refractivity contribution in [1.29, 1.82) is 0 Å². The van der Waals surface area contributed by atoms with Gasteiger partial charge >= 0.3 is 5.97 Å². The number of aliphatic hydroxyl groups is 1. The predicted octanol–water partition coefficient (Wildman–Crippen LogP) is 0.416. The molecule has 1 aromatic rings. The van der Waals surface area contributed by atoms with Gasteiger partial charge in [-0.1, -0.05) is 12.1 Å². The molecule has 21 heavy (non-hydrogen) atoms. The smallest absolute Gasteiger partial charge is 0.336 e. The van der Waals surface area contributed by atoms with E-state index in [0.29, 0.717) is 0 Å². The molecule has 1 rings (SSSR count). The quantitative estimate of drug-likeness (QED) is 0.587. The van der Waals surface area contributed by atoms with Crippen molar-refractivity contribution < 1.29 is 19.4 Å². The van der Waals surface area contributed by atoms with Gasteiger partial charge in [-0.15, -0.1) is 0 Å². The van der Waals surface area contributed by atoms with E-state index in [1.807, 2.05) is 43.3 Å². The zero-order valence-corrected chi connectivity index (χ0v) is 12.4. The van der Waals surface area contributed by atoms with Gasteiger partial charge in [0.15, 0.2) is 6.10 Å². The van der Waals surface area contributed by atoms with E-state index >= 15 is 0 Å². The van der Waals surface area contributed by atoms with Gasteiger partial charge in [-0.3, -0.25) is 4.79 Å². The summed E-state index contributed by atoms with van der Waals surface area (Å²) in [5, 5.41) is 11.7. The van der Waals surface area contributed by atoms with Gasteiger partial charge in [0.2, 0.25) is 5.91 Å². The highest BCUT2D eigenvalue weighted by Crippen LogP contribution is 2.12. The first-order valence-corrected chi connectivity index (χ1v) is 6.43. The Labute approximate surface area is 124 Å². The van der Waals surface area contributed by atoms with Gasteiger partial charge in [0.1, 0.15) is 0 Å². The number of nitrogens with zero attached hydrogens (tertiary/aromatic N) is 1. The third-order valence-electron chi connectivity index (χ3n) is 2.78. The van der Waals surface area contributed by atoms with Crippen LogP contribution >= 0.6 is 0 Å². The molecule has 2 N–H and O–H groups in total. The Bertz CT molecular complexity index is 509. The summed E-state index contributed by atoms with van der Waals surface area (Å²) in [7, 11) is 5.07. The molecule has 1 unspecified atom stereocenters. The molecule has 0 fully saturated rings. The summed E-state index contributed by atoms with van der Waals surface area (Å²) >= 11 is 0. The third kappa shape index (κ3) is 5.66. The molecule has 0 saturated carbocycles. The maximum Gasteiger partial charge on any atom is 0.336 e. The number of esters is 1. The van der Waals surface area contributed by atoms with Crippen LogP contribution in [0.1, 0.15) is 5.56 Å². The Kier molecular flexibility index (Phi) is 6.42. The topological polar surface area (TPSA) is 78.9 Å². The van der Waals surface area contributed by atoms with Crippen LogP contribution in [0.2, 0.25) is 0 Å². The maximum absolute atomic E-state index is 11.5. The molecule has 0 aliphatic rings. The SMILES string of the molecule is COC(=O)C(O)CNC(=O)/C=C/c1ccc(N(C)C)cc1. The second-order valence-corrected chi connectivity index (χ2v) is 4.60. The van der Waals surface area contributed by atoms with Crippen LogP contribution in [0.15, 0.2) is 30.3 Å². The third-order valence-corrected chi connectivity index (χ3v) is 2.78. The molecule has 0 aliphatic heterocycles. The highest BCUT2D eigenvalue weighted by molar-refractivity contribution is 5.92. The van der Waals surface area contributed by atoms with Gasteiger partial charge in [-0.2, -0.15) is 0 Å². The number of benzene rings is 1. The minimum Gasteiger partial charge on any atom is -0.467 e. The molecule has 0 bridgehead atoms. The molecule has 0 spiro atoms. The van der Waals surface area contributed by atoms with Crippen LogP contribution in [0.25, 0.3) is 6.08 Å². The van der Waals surface area contributed by atoms with E-state index in [1.54, 1.807) is 6.08 Å². The van der Waals surface area contributed by atoms with Gasteiger partial charge in [0, 0.05) is 25.9 Å². The summed E-state index contributed by atoms with van der Waals surface area (Å²) in [6, 6.07) is 7.67. The minimum atomic E-state index is -1.35. The second-order valence-electron chi connectivity index (χ2n) is 4.60. The molecule has 0 heterocycles. The van der Waals surface area contributed by atoms with Gasteiger partial charge in [-0.25, -0.2) is 4.79 Å². The van der Waals surface area contributed by atoms with Crippen LogP contribution in [-0.2, 0) is 14.3 Å². The van der Waals surface area contributed by atoms with Gasteiger partial charge in [0.05, 0.1) is 13.7 Å². The van der Waals surface area contributed by atoms with E-state index in [-0.39, 0.29) is 6.54 Å². The van der Waals surface area contributed by atoms with Crippen molar-refractivity contribution >= 4 is 23.6 Å². The average Bonchev–Trinajstić information content (AvgIpc) is 2.49. The number of amides is 1. The lowest BCUT2D eigenvalue weighted by molar-refractivity contribution is -0.150. The first-order chi connectivity index (χ1) is 9.93. The fourth-order valence-corrected chi connectivity index (χ4v) is 1.53. The maximum atomic E-state index is 11.5. The molecular formula is C15H20N2O4. The number of hydrogen-bond acceptors (Lipinski definition) is 5. The van der Waals surface area contributed by atoms with E-state index < -0.39 is 18.0 Å². The highest BCUT2D eigenvalue weighted by Gasteiger charge is 2.15. The zero-order chi connectivity index (χ0) is 15.8. The number of anilines is 1. The lowest BCUT2D eigenvalue weighted by Gasteiger charge is -2.11. The van der Waals surface area contributed by atoms with E-state index in [1.165, 1.54) is 13.2 Å². The molecule has 114 valence electrons. The summed E-state index contributed by atoms with van der Waals surface area (Å²) in [5.41, 5.74) is 1.95. The van der Waals surface area contributed by atoms with Gasteiger partial charge < -0.3 is 20.1 Å². The van der Waals surface area contributed by atoms with Crippen LogP contribution in [0.3, 0.4) is 0 Å². The van der Waals surface area contributed by atoms with Crippen molar-refractivity contribution in [1.82, 2.24) is 5.32 Å². The fraction of sp³-hybridized carbons (Fsp3) is 0.333. The average molecular weight is 292 g/mol. The van der Waals surface area contributed by atoms with Crippen LogP contribution in [0.5, 0.6) is 0 Å². The minimum absolute atomic E-state index is 0.185. The summed E-state index contributed by atoms with van der Waals surface area (Å²) in [6.07, 6.45) is 1.64. The molecule has 0 saturated heterocycles. The molecule has 0 aliphatic carbocycles. The lowest BCUT2D eigenvalue weighted by Crippen LogP contribution is -2.36. The van der Waals surface area contributed by atoms with Crippen molar-refractivity contribution in [2.45, 2.75) is 6.10 Å². The Morgan fingerprint density at radius 3 is 2.48 bits per heavy atom. The monoisotopic (exact) mass is 292 g/mol. The molecular weight excluding hydrogens is 272 g/mol. The predicted molar refractivity (Wildman–Crippen MR) is 80.8 cm³/mol. The highest BCUT2D eigenvalue weighted by atomic mass is 16.5. The number of rotatable bonds is 6. The van der Waals surface area contributed by atoms with Crippen molar-refractivity contribution in [3.8, 4) is 0 Å². The summed E-state index contributed by atoms with van der Waals surface area (Å²) in [4.78, 5) is 24.5. The first kappa shape index (κ1) is 16.7. The largest absolute Gasteiger partial charge is 0.467 e. The van der Waals surface area contributed by atoms with Crippen molar-refractivity contribution in [3.63, 3.8) is 0 Å². The molecule has 0 aromatic heterocycles. The van der Waals surface area contributed by atoms with Crippen LogP contribution < -0.4 is 10.2 Å². The van der Waals surface area contributed by atoms with Crippen LogP contribution in [0.4, 0.5) is 5.69 Å². The number of methoxy groups -OCH3 is 1. The first-order valence-electron chi connectivity index (χ1n) is 6.43. The lowest BCUT2D eigenvalue weighted by atomic mass is 10.2. The number of aliphatic hydroxyl groups excluding tert-OH is 1. The molecule has 6 nitrogen and oxygen atoms in total. The Hall–Kier alpha value is -2.34. The number of carbonyl (C=O) groups is 2. The van der Waals surface area contributed by atoms with Crippen LogP contribution in [-0.4, -0.2) is 50.8 Å². The summed E-state index contributed by atoms with van der Waals surface area (Å²) < 4.78 is 4.34. The molecule has 0 radical (unpaired) electrons. The van der Waals surface area contributed by atoms with E-state index in [4.69, 9.17) is 0 Å². The van der Waals surface area contributed by atoms with Crippen molar-refractivity contribution in [2.24, 2.45) is 0 Å². The van der Waals surface area contributed by atoms with E-state index in [0.717, 1.165) is 11.3 Å². The van der Waals surface area contributed by atoms with Crippen molar-refractivity contribution in [3.05, 3.63) is 35.9 Å². The molecule has 6 heteroatoms. The Morgan fingerprint density at radius 2 is 1.95 bits per heavy atom. The summed E-state index contributed by atoms with van der Waals surface area (Å²) in [6.45, 7) is -0.185. The summed E-state index contributed by atoms with van der Waals surface area (Å²) in [5.74, 6) is -1.17. The number of hydrogen-bond donors (Lipinski definition) is 2.